The van der Waals surface area contributed by atoms with Gasteiger partial charge < -0.3 is 9.84 Å². The predicted molar refractivity (Wildman–Crippen MR) is 46.8 cm³/mol. The molecule has 1 aliphatic carbocycles. The van der Waals surface area contributed by atoms with E-state index in [2.05, 4.69) is 13.5 Å². The van der Waals surface area contributed by atoms with Crippen LogP contribution in [-0.2, 0) is 4.74 Å². The van der Waals surface area contributed by atoms with Gasteiger partial charge in [0.2, 0.25) is 0 Å². The summed E-state index contributed by atoms with van der Waals surface area (Å²) in [6, 6.07) is 0. The van der Waals surface area contributed by atoms with Crippen molar-refractivity contribution in [3.63, 3.8) is 0 Å². The van der Waals surface area contributed by atoms with Crippen LogP contribution >= 0.6 is 0 Å². The van der Waals surface area contributed by atoms with E-state index < -0.39 is 0 Å². The van der Waals surface area contributed by atoms with Gasteiger partial charge in [-0.2, -0.15) is 0 Å². The summed E-state index contributed by atoms with van der Waals surface area (Å²) in [6.07, 6.45) is 3.52. The van der Waals surface area contributed by atoms with Gasteiger partial charge in [-0.15, -0.1) is 0 Å². The number of fused-ring (bicyclic) bond motifs is 1. The number of allylic oxidation sites excluding steroid dienone is 1. The Bertz CT molecular complexity index is 212. The Morgan fingerprint density at radius 1 is 1.75 bits per heavy atom. The van der Waals surface area contributed by atoms with E-state index in [-0.39, 0.29) is 12.2 Å². The molecule has 2 nitrogen and oxygen atoms in total. The molecule has 0 aromatic rings. The number of hydrogen-bond donors (Lipinski definition) is 1. The minimum atomic E-state index is -0.133. The lowest BCUT2D eigenvalue weighted by Gasteiger charge is -2.23. The van der Waals surface area contributed by atoms with Crippen LogP contribution in [0.4, 0.5) is 0 Å². The molecule has 3 atom stereocenters. The van der Waals surface area contributed by atoms with Crippen molar-refractivity contribution in [3.8, 4) is 0 Å². The number of rotatable bonds is 2. The highest BCUT2D eigenvalue weighted by Gasteiger charge is 2.58. The molecule has 1 aliphatic heterocycles. The predicted octanol–water partition coefficient (Wildman–Crippen LogP) is 1.49. The van der Waals surface area contributed by atoms with E-state index in [1.54, 1.807) is 0 Å². The maximum Gasteiger partial charge on any atom is 0.118 e. The molecule has 12 heavy (non-hydrogen) atoms. The zero-order valence-electron chi connectivity index (χ0n) is 7.55. The highest BCUT2D eigenvalue weighted by molar-refractivity contribution is 5.11. The summed E-state index contributed by atoms with van der Waals surface area (Å²) in [5.41, 5.74) is 1.13. The van der Waals surface area contributed by atoms with Crippen LogP contribution in [0.5, 0.6) is 0 Å². The molecule has 0 aromatic heterocycles. The molecule has 1 saturated carbocycles. The van der Waals surface area contributed by atoms with Crippen molar-refractivity contribution in [2.24, 2.45) is 5.92 Å². The molecule has 1 unspecified atom stereocenters. The van der Waals surface area contributed by atoms with Gasteiger partial charge in [0, 0.05) is 0 Å². The van der Waals surface area contributed by atoms with Gasteiger partial charge in [-0.25, -0.2) is 0 Å². The van der Waals surface area contributed by atoms with Gasteiger partial charge in [0.15, 0.2) is 0 Å². The second-order valence-electron chi connectivity index (χ2n) is 4.15. The molecule has 0 radical (unpaired) electrons. The van der Waals surface area contributed by atoms with Crippen molar-refractivity contribution in [1.82, 2.24) is 0 Å². The summed E-state index contributed by atoms with van der Waals surface area (Å²) < 4.78 is 5.50. The molecule has 68 valence electrons. The molecule has 2 fully saturated rings. The molecule has 1 N–H and O–H groups in total. The Morgan fingerprint density at radius 2 is 2.50 bits per heavy atom. The first kappa shape index (κ1) is 8.27. The van der Waals surface area contributed by atoms with Crippen LogP contribution in [-0.4, -0.2) is 23.4 Å². The van der Waals surface area contributed by atoms with Gasteiger partial charge in [0.05, 0.1) is 12.7 Å². The zero-order valence-corrected chi connectivity index (χ0v) is 7.55. The quantitative estimate of drug-likeness (QED) is 0.500. The lowest BCUT2D eigenvalue weighted by Crippen LogP contribution is -2.27. The van der Waals surface area contributed by atoms with E-state index in [0.29, 0.717) is 12.0 Å². The third kappa shape index (κ3) is 1.10. The van der Waals surface area contributed by atoms with E-state index >= 15 is 0 Å². The van der Waals surface area contributed by atoms with E-state index in [9.17, 15) is 0 Å². The Labute approximate surface area is 73.2 Å². The Balaban J connectivity index is 1.96. The fourth-order valence-corrected chi connectivity index (χ4v) is 2.19. The van der Waals surface area contributed by atoms with Crippen molar-refractivity contribution in [1.29, 1.82) is 0 Å². The largest absolute Gasteiger partial charge is 0.393 e. The Kier molecular flexibility index (Phi) is 1.77. The van der Waals surface area contributed by atoms with Crippen LogP contribution < -0.4 is 0 Å². The molecule has 2 rings (SSSR count). The molecular formula is C10H16O2. The topological polar surface area (TPSA) is 32.8 Å². The van der Waals surface area contributed by atoms with Gasteiger partial charge in [-0.3, -0.25) is 0 Å². The maximum atomic E-state index is 9.07. The minimum absolute atomic E-state index is 0.133. The normalized spacial score (nSPS) is 45.2. The van der Waals surface area contributed by atoms with Crippen LogP contribution in [0, 0.1) is 5.92 Å². The van der Waals surface area contributed by atoms with Crippen molar-refractivity contribution >= 4 is 0 Å². The average molecular weight is 168 g/mol. The van der Waals surface area contributed by atoms with E-state index in [4.69, 9.17) is 9.84 Å². The molecule has 2 heteroatoms. The van der Waals surface area contributed by atoms with E-state index in [1.165, 1.54) is 5.57 Å². The van der Waals surface area contributed by atoms with Gasteiger partial charge in [-0.1, -0.05) is 12.2 Å². The minimum Gasteiger partial charge on any atom is -0.393 e. The van der Waals surface area contributed by atoms with Gasteiger partial charge in [0.1, 0.15) is 5.60 Å². The van der Waals surface area contributed by atoms with Gasteiger partial charge in [0.25, 0.3) is 0 Å². The maximum absolute atomic E-state index is 9.07. The Morgan fingerprint density at radius 3 is 3.00 bits per heavy atom. The smallest absolute Gasteiger partial charge is 0.118 e. The van der Waals surface area contributed by atoms with E-state index in [0.717, 1.165) is 19.3 Å². The van der Waals surface area contributed by atoms with Crippen molar-refractivity contribution in [2.45, 2.75) is 37.9 Å². The molecular weight excluding hydrogens is 152 g/mol. The van der Waals surface area contributed by atoms with Gasteiger partial charge in [-0.05, 0) is 32.1 Å². The average Bonchev–Trinajstić information content (AvgIpc) is 2.77. The number of hydrogen-bond acceptors (Lipinski definition) is 2. The highest BCUT2D eigenvalue weighted by Crippen LogP contribution is 2.50. The van der Waals surface area contributed by atoms with Crippen LogP contribution in [0.1, 0.15) is 26.2 Å². The third-order valence-electron chi connectivity index (χ3n) is 3.29. The standard InChI is InChI=1S/C10H16O2/c1-7(2)8-3-4-10(6-11)9(5-8)12-10/h8-9,11H,1,3-6H2,2H3/t8-,9?,10+/m1/s1. The fourth-order valence-electron chi connectivity index (χ4n) is 2.19. The zero-order chi connectivity index (χ0) is 8.77. The summed E-state index contributed by atoms with van der Waals surface area (Å²) in [5, 5.41) is 9.07. The first-order valence-corrected chi connectivity index (χ1v) is 4.62. The second kappa shape index (κ2) is 2.57. The van der Waals surface area contributed by atoms with Crippen molar-refractivity contribution < 1.29 is 9.84 Å². The SMILES string of the molecule is C=C(C)[C@@H]1CC[C@@]2(CO)OC2C1. The van der Waals surface area contributed by atoms with Crippen LogP contribution in [0.3, 0.4) is 0 Å². The first-order valence-electron chi connectivity index (χ1n) is 4.62. The summed E-state index contributed by atoms with van der Waals surface area (Å²) in [4.78, 5) is 0. The lowest BCUT2D eigenvalue weighted by molar-refractivity contribution is 0.160. The molecule has 2 aliphatic rings. The number of aliphatic hydroxyl groups excluding tert-OH is 1. The summed E-state index contributed by atoms with van der Waals surface area (Å²) in [7, 11) is 0. The molecule has 0 bridgehead atoms. The lowest BCUT2D eigenvalue weighted by atomic mass is 9.79. The molecule has 0 spiro atoms. The third-order valence-corrected chi connectivity index (χ3v) is 3.29. The second-order valence-corrected chi connectivity index (χ2v) is 4.15. The van der Waals surface area contributed by atoms with Crippen molar-refractivity contribution in [2.75, 3.05) is 6.61 Å². The first-order chi connectivity index (χ1) is 5.68. The van der Waals surface area contributed by atoms with Crippen LogP contribution in [0.25, 0.3) is 0 Å². The number of aliphatic hydroxyl groups is 1. The fraction of sp³-hybridized carbons (Fsp3) is 0.800. The number of ether oxygens (including phenoxy) is 1. The van der Waals surface area contributed by atoms with Crippen LogP contribution in [0.15, 0.2) is 12.2 Å². The van der Waals surface area contributed by atoms with E-state index in [1.807, 2.05) is 0 Å². The summed E-state index contributed by atoms with van der Waals surface area (Å²) in [5.74, 6) is 0.622. The highest BCUT2D eigenvalue weighted by atomic mass is 16.6. The molecule has 1 heterocycles. The van der Waals surface area contributed by atoms with Crippen molar-refractivity contribution in [3.05, 3.63) is 12.2 Å². The molecule has 1 saturated heterocycles. The summed E-state index contributed by atoms with van der Waals surface area (Å²) in [6.45, 7) is 6.24. The van der Waals surface area contributed by atoms with Crippen LogP contribution in [0.2, 0.25) is 0 Å². The van der Waals surface area contributed by atoms with Gasteiger partial charge >= 0.3 is 0 Å². The monoisotopic (exact) mass is 168 g/mol. The molecule has 0 amide bonds. The Hall–Kier alpha value is -0.340. The number of epoxide rings is 1. The molecule has 0 aromatic carbocycles. The summed E-state index contributed by atoms with van der Waals surface area (Å²) >= 11 is 0.